The van der Waals surface area contributed by atoms with Crippen LogP contribution < -0.4 is 0 Å². The number of rotatable bonds is 0. The summed E-state index contributed by atoms with van der Waals surface area (Å²) in [5.41, 5.74) is 0. The summed E-state index contributed by atoms with van der Waals surface area (Å²) in [5, 5.41) is 8.58. The van der Waals surface area contributed by atoms with Gasteiger partial charge in [0, 0.05) is 12.6 Å². The summed E-state index contributed by atoms with van der Waals surface area (Å²) in [5.74, 6) is -0.507. The molecule has 1 rings (SSSR count). The molecule has 0 radical (unpaired) electrons. The van der Waals surface area contributed by atoms with Crippen molar-refractivity contribution in [1.82, 2.24) is 0 Å². The number of nitrogens with zero attached hydrogens (tertiary/aromatic N) is 1. The van der Waals surface area contributed by atoms with Crippen molar-refractivity contribution in [2.24, 2.45) is 4.99 Å². The van der Waals surface area contributed by atoms with Crippen LogP contribution in [0.2, 0.25) is 0 Å². The van der Waals surface area contributed by atoms with E-state index < -0.39 is 0 Å². The molecule has 1 heterocycles. The fourth-order valence-corrected chi connectivity index (χ4v) is 0.435. The van der Waals surface area contributed by atoms with Gasteiger partial charge in [-0.05, 0) is 0 Å². The van der Waals surface area contributed by atoms with Crippen LogP contribution in [0.25, 0.3) is 0 Å². The standard InChI is InChI=1S/C5H5NO2/c7-4-1-2-6-3-5(4)8/h2-3,8H,1H2. The van der Waals surface area contributed by atoms with E-state index in [-0.39, 0.29) is 18.0 Å². The molecule has 0 bridgehead atoms. The third-order valence-electron chi connectivity index (χ3n) is 0.865. The summed E-state index contributed by atoms with van der Waals surface area (Å²) in [6, 6.07) is 0. The van der Waals surface area contributed by atoms with Gasteiger partial charge in [0.2, 0.25) is 5.78 Å². The smallest absolute Gasteiger partial charge is 0.204 e. The van der Waals surface area contributed by atoms with E-state index in [9.17, 15) is 4.79 Å². The van der Waals surface area contributed by atoms with Crippen molar-refractivity contribution in [2.45, 2.75) is 6.42 Å². The molecule has 1 aliphatic heterocycles. The Labute approximate surface area is 46.4 Å². The van der Waals surface area contributed by atoms with Gasteiger partial charge < -0.3 is 5.11 Å². The van der Waals surface area contributed by atoms with Gasteiger partial charge in [-0.3, -0.25) is 9.79 Å². The summed E-state index contributed by atoms with van der Waals surface area (Å²) in [7, 11) is 0. The third-order valence-corrected chi connectivity index (χ3v) is 0.865. The van der Waals surface area contributed by atoms with Crippen LogP contribution in [0, 0.1) is 0 Å². The van der Waals surface area contributed by atoms with Crippen LogP contribution in [0.4, 0.5) is 0 Å². The molecule has 0 spiro atoms. The highest BCUT2D eigenvalue weighted by molar-refractivity contribution is 6.03. The maximum atomic E-state index is 10.4. The maximum Gasteiger partial charge on any atom is 0.204 e. The van der Waals surface area contributed by atoms with Crippen LogP contribution in [0.15, 0.2) is 17.0 Å². The Balaban J connectivity index is 2.80. The zero-order chi connectivity index (χ0) is 5.98. The second-order valence-electron chi connectivity index (χ2n) is 1.47. The van der Waals surface area contributed by atoms with Gasteiger partial charge in [-0.15, -0.1) is 0 Å². The molecule has 0 saturated carbocycles. The third kappa shape index (κ3) is 0.753. The quantitative estimate of drug-likeness (QED) is 0.492. The minimum Gasteiger partial charge on any atom is -0.503 e. The molecular formula is C5H5NO2. The van der Waals surface area contributed by atoms with Gasteiger partial charge in [-0.1, -0.05) is 0 Å². The molecule has 0 saturated heterocycles. The van der Waals surface area contributed by atoms with Gasteiger partial charge in [-0.25, -0.2) is 0 Å². The molecule has 0 aliphatic carbocycles. The molecule has 8 heavy (non-hydrogen) atoms. The number of aliphatic imine (C=N–C) groups is 1. The van der Waals surface area contributed by atoms with Crippen LogP contribution in [0.3, 0.4) is 0 Å². The SMILES string of the molecule is O=C1CC=NC=C1O. The molecule has 0 aromatic heterocycles. The Morgan fingerprint density at radius 2 is 2.50 bits per heavy atom. The van der Waals surface area contributed by atoms with Crippen LogP contribution in [-0.2, 0) is 4.79 Å². The number of allylic oxidation sites excluding steroid dienone is 1. The lowest BCUT2D eigenvalue weighted by Crippen LogP contribution is -2.04. The number of aliphatic hydroxyl groups is 1. The van der Waals surface area contributed by atoms with Crippen molar-refractivity contribution in [3.05, 3.63) is 12.0 Å². The fourth-order valence-electron chi connectivity index (χ4n) is 0.435. The molecule has 0 atom stereocenters. The lowest BCUT2D eigenvalue weighted by Gasteiger charge is -1.96. The first-order valence-corrected chi connectivity index (χ1v) is 2.24. The lowest BCUT2D eigenvalue weighted by molar-refractivity contribution is -0.116. The second-order valence-corrected chi connectivity index (χ2v) is 1.47. The van der Waals surface area contributed by atoms with Crippen molar-refractivity contribution in [1.29, 1.82) is 0 Å². The number of carbonyl (C=O) groups excluding carboxylic acids is 1. The number of hydrogen-bond acceptors (Lipinski definition) is 3. The van der Waals surface area contributed by atoms with Crippen LogP contribution in [-0.4, -0.2) is 17.1 Å². The molecule has 0 fully saturated rings. The first kappa shape index (κ1) is 5.03. The summed E-state index contributed by atoms with van der Waals surface area (Å²) < 4.78 is 0. The highest BCUT2D eigenvalue weighted by atomic mass is 16.3. The van der Waals surface area contributed by atoms with Gasteiger partial charge >= 0.3 is 0 Å². The Bertz CT molecular complexity index is 169. The average Bonchev–Trinajstić information content (AvgIpc) is 1.77. The molecule has 42 valence electrons. The molecule has 0 unspecified atom stereocenters. The second kappa shape index (κ2) is 1.78. The molecule has 0 aromatic carbocycles. The fraction of sp³-hybridized carbons (Fsp3) is 0.200. The number of aliphatic hydroxyl groups excluding tert-OH is 1. The number of carbonyl (C=O) groups is 1. The van der Waals surface area contributed by atoms with Gasteiger partial charge in [0.25, 0.3) is 0 Å². The minimum atomic E-state index is -0.264. The molecule has 0 aromatic rings. The highest BCUT2D eigenvalue weighted by Gasteiger charge is 2.07. The van der Waals surface area contributed by atoms with Crippen molar-refractivity contribution in [2.75, 3.05) is 0 Å². The Hall–Kier alpha value is -1.12. The zero-order valence-corrected chi connectivity index (χ0v) is 4.16. The molecule has 3 nitrogen and oxygen atoms in total. The molecule has 1 aliphatic rings. The van der Waals surface area contributed by atoms with E-state index in [1.165, 1.54) is 6.21 Å². The van der Waals surface area contributed by atoms with Gasteiger partial charge in [0.05, 0.1) is 6.20 Å². The van der Waals surface area contributed by atoms with Crippen LogP contribution >= 0.6 is 0 Å². The van der Waals surface area contributed by atoms with Crippen LogP contribution in [0.5, 0.6) is 0 Å². The van der Waals surface area contributed by atoms with E-state index in [4.69, 9.17) is 5.11 Å². The zero-order valence-electron chi connectivity index (χ0n) is 4.16. The number of ketones is 1. The first-order chi connectivity index (χ1) is 3.80. The van der Waals surface area contributed by atoms with Crippen molar-refractivity contribution in [3.8, 4) is 0 Å². The van der Waals surface area contributed by atoms with E-state index in [1.807, 2.05) is 0 Å². The Morgan fingerprint density at radius 3 is 2.88 bits per heavy atom. The Kier molecular flexibility index (Phi) is 1.12. The van der Waals surface area contributed by atoms with E-state index in [1.54, 1.807) is 0 Å². The minimum absolute atomic E-state index is 0.225. The number of Topliss-reactive ketones (excluding diaryl/α,β-unsaturated/α-hetero) is 1. The van der Waals surface area contributed by atoms with Gasteiger partial charge in [0.15, 0.2) is 5.76 Å². The summed E-state index contributed by atoms with van der Waals surface area (Å²) in [6.07, 6.45) is 2.83. The monoisotopic (exact) mass is 111 g/mol. The van der Waals surface area contributed by atoms with E-state index in [2.05, 4.69) is 4.99 Å². The van der Waals surface area contributed by atoms with Gasteiger partial charge in [-0.2, -0.15) is 0 Å². The molecule has 3 heteroatoms. The highest BCUT2D eigenvalue weighted by Crippen LogP contribution is 1.98. The molecule has 1 N–H and O–H groups in total. The van der Waals surface area contributed by atoms with Crippen molar-refractivity contribution >= 4 is 12.0 Å². The Morgan fingerprint density at radius 1 is 1.75 bits per heavy atom. The topological polar surface area (TPSA) is 49.7 Å². The summed E-state index contributed by atoms with van der Waals surface area (Å²) in [4.78, 5) is 13.9. The lowest BCUT2D eigenvalue weighted by atomic mass is 10.2. The predicted octanol–water partition coefficient (Wildman–Crippen LogP) is 0.429. The van der Waals surface area contributed by atoms with Crippen LogP contribution in [0.1, 0.15) is 6.42 Å². The molecular weight excluding hydrogens is 106 g/mol. The first-order valence-electron chi connectivity index (χ1n) is 2.24. The normalized spacial score (nSPS) is 18.5. The predicted molar refractivity (Wildman–Crippen MR) is 28.8 cm³/mol. The summed E-state index contributed by atoms with van der Waals surface area (Å²) in [6.45, 7) is 0. The molecule has 0 amide bonds. The van der Waals surface area contributed by atoms with Crippen molar-refractivity contribution in [3.63, 3.8) is 0 Å². The van der Waals surface area contributed by atoms with Crippen molar-refractivity contribution < 1.29 is 9.90 Å². The number of hydrogen-bond donors (Lipinski definition) is 1. The van der Waals surface area contributed by atoms with E-state index in [0.717, 1.165) is 6.20 Å². The average molecular weight is 111 g/mol. The van der Waals surface area contributed by atoms with Gasteiger partial charge in [0.1, 0.15) is 0 Å². The maximum absolute atomic E-state index is 10.4. The largest absolute Gasteiger partial charge is 0.503 e. The van der Waals surface area contributed by atoms with E-state index in [0.29, 0.717) is 0 Å². The summed E-state index contributed by atoms with van der Waals surface area (Å²) >= 11 is 0. The van der Waals surface area contributed by atoms with E-state index >= 15 is 0 Å².